The molecule has 3 heterocycles. The molecular formula is C16H16F3N7. The van der Waals surface area contributed by atoms with Crippen molar-refractivity contribution in [1.82, 2.24) is 19.5 Å². The van der Waals surface area contributed by atoms with E-state index in [2.05, 4.69) is 25.6 Å². The number of hydrogen-bond acceptors (Lipinski definition) is 6. The zero-order valence-corrected chi connectivity index (χ0v) is 14.0. The standard InChI is InChI=1S/C16H16F3N7/c1-8(14-10(18)3-9(17)5-21-14)23-16-12(20)4-11(19)15(25-16)24-13-6-26(2)7-22-13/h3-8H,20H2,1-2H3,(H2,23,24,25). The van der Waals surface area contributed by atoms with E-state index in [1.807, 2.05) is 0 Å². The van der Waals surface area contributed by atoms with Gasteiger partial charge in [0.05, 0.1) is 29.9 Å². The molecule has 3 aromatic rings. The van der Waals surface area contributed by atoms with E-state index in [0.29, 0.717) is 5.82 Å². The topological polar surface area (TPSA) is 93.7 Å². The molecule has 1 atom stereocenters. The number of imidazole rings is 1. The second-order valence-electron chi connectivity index (χ2n) is 5.69. The Balaban J connectivity index is 1.86. The number of pyridine rings is 2. The first-order valence-corrected chi connectivity index (χ1v) is 7.62. The summed E-state index contributed by atoms with van der Waals surface area (Å²) in [5.74, 6) is -1.83. The average molecular weight is 363 g/mol. The first-order valence-electron chi connectivity index (χ1n) is 7.62. The summed E-state index contributed by atoms with van der Waals surface area (Å²) >= 11 is 0. The highest BCUT2D eigenvalue weighted by molar-refractivity contribution is 5.67. The number of nitrogen functional groups attached to an aromatic ring is 1. The first-order chi connectivity index (χ1) is 12.3. The lowest BCUT2D eigenvalue weighted by molar-refractivity contribution is 0.550. The lowest BCUT2D eigenvalue weighted by atomic mass is 10.2. The van der Waals surface area contributed by atoms with Gasteiger partial charge in [0, 0.05) is 25.4 Å². The highest BCUT2D eigenvalue weighted by Gasteiger charge is 2.17. The Labute approximate surface area is 147 Å². The van der Waals surface area contributed by atoms with Crippen LogP contribution in [0.25, 0.3) is 0 Å². The fraction of sp³-hybridized carbons (Fsp3) is 0.188. The van der Waals surface area contributed by atoms with Crippen molar-refractivity contribution in [3.63, 3.8) is 0 Å². The summed E-state index contributed by atoms with van der Waals surface area (Å²) in [6, 6.07) is 1.14. The molecule has 136 valence electrons. The number of hydrogen-bond donors (Lipinski definition) is 3. The van der Waals surface area contributed by atoms with E-state index >= 15 is 0 Å². The molecule has 0 aliphatic rings. The van der Waals surface area contributed by atoms with Crippen LogP contribution in [-0.2, 0) is 7.05 Å². The fourth-order valence-electron chi connectivity index (χ4n) is 2.32. The van der Waals surface area contributed by atoms with Crippen LogP contribution in [0.1, 0.15) is 18.7 Å². The van der Waals surface area contributed by atoms with Crippen LogP contribution >= 0.6 is 0 Å². The number of aryl methyl sites for hydroxylation is 1. The molecule has 0 aliphatic heterocycles. The van der Waals surface area contributed by atoms with Gasteiger partial charge in [-0.25, -0.2) is 23.1 Å². The molecule has 0 fully saturated rings. The normalized spacial score (nSPS) is 12.0. The van der Waals surface area contributed by atoms with Gasteiger partial charge in [-0.3, -0.25) is 4.98 Å². The minimum atomic E-state index is -0.808. The molecule has 0 aromatic carbocycles. The fourth-order valence-corrected chi connectivity index (χ4v) is 2.32. The van der Waals surface area contributed by atoms with Crippen LogP contribution < -0.4 is 16.4 Å². The van der Waals surface area contributed by atoms with E-state index in [9.17, 15) is 13.2 Å². The lowest BCUT2D eigenvalue weighted by Gasteiger charge is -2.17. The minimum Gasteiger partial charge on any atom is -0.396 e. The summed E-state index contributed by atoms with van der Waals surface area (Å²) < 4.78 is 42.6. The number of nitrogens with one attached hydrogen (secondary N) is 2. The predicted octanol–water partition coefficient (Wildman–Crippen LogP) is 3.13. The molecule has 0 saturated heterocycles. The largest absolute Gasteiger partial charge is 0.396 e. The van der Waals surface area contributed by atoms with E-state index in [0.717, 1.165) is 18.3 Å². The number of nitrogens with zero attached hydrogens (tertiary/aromatic N) is 4. The maximum Gasteiger partial charge on any atom is 0.170 e. The second kappa shape index (κ2) is 6.90. The Hall–Kier alpha value is -3.30. The zero-order chi connectivity index (χ0) is 18.8. The van der Waals surface area contributed by atoms with Gasteiger partial charge >= 0.3 is 0 Å². The molecule has 3 rings (SSSR count). The highest BCUT2D eigenvalue weighted by Crippen LogP contribution is 2.27. The maximum atomic E-state index is 14.1. The Morgan fingerprint density at radius 3 is 2.54 bits per heavy atom. The number of aromatic nitrogens is 4. The van der Waals surface area contributed by atoms with Gasteiger partial charge in [-0.1, -0.05) is 0 Å². The van der Waals surface area contributed by atoms with Crippen LogP contribution in [0.15, 0.2) is 30.9 Å². The van der Waals surface area contributed by atoms with Gasteiger partial charge in [0.2, 0.25) is 0 Å². The van der Waals surface area contributed by atoms with Crippen molar-refractivity contribution in [3.05, 3.63) is 54.0 Å². The average Bonchev–Trinajstić information content (AvgIpc) is 2.97. The van der Waals surface area contributed by atoms with Gasteiger partial charge in [0.25, 0.3) is 0 Å². The third-order valence-electron chi connectivity index (χ3n) is 3.56. The van der Waals surface area contributed by atoms with Crippen molar-refractivity contribution in [2.45, 2.75) is 13.0 Å². The predicted molar refractivity (Wildman–Crippen MR) is 91.3 cm³/mol. The van der Waals surface area contributed by atoms with Crippen LogP contribution in [0.5, 0.6) is 0 Å². The highest BCUT2D eigenvalue weighted by atomic mass is 19.1. The molecule has 0 radical (unpaired) electrons. The first kappa shape index (κ1) is 17.5. The van der Waals surface area contributed by atoms with Gasteiger partial charge < -0.3 is 20.9 Å². The monoisotopic (exact) mass is 363 g/mol. The van der Waals surface area contributed by atoms with Gasteiger partial charge in [-0.2, -0.15) is 0 Å². The molecule has 0 bridgehead atoms. The van der Waals surface area contributed by atoms with Crippen LogP contribution in [0.2, 0.25) is 0 Å². The van der Waals surface area contributed by atoms with Crippen molar-refractivity contribution in [2.75, 3.05) is 16.4 Å². The van der Waals surface area contributed by atoms with Crippen LogP contribution in [0, 0.1) is 17.5 Å². The molecule has 1 unspecified atom stereocenters. The molecule has 0 aliphatic carbocycles. The van der Waals surface area contributed by atoms with Crippen LogP contribution in [-0.4, -0.2) is 19.5 Å². The molecule has 0 amide bonds. The molecule has 4 N–H and O–H groups in total. The van der Waals surface area contributed by atoms with Crippen LogP contribution in [0.3, 0.4) is 0 Å². The number of halogens is 3. The third-order valence-corrected chi connectivity index (χ3v) is 3.56. The molecule has 0 saturated carbocycles. The molecular weight excluding hydrogens is 347 g/mol. The second-order valence-corrected chi connectivity index (χ2v) is 5.69. The van der Waals surface area contributed by atoms with Crippen molar-refractivity contribution >= 4 is 23.1 Å². The zero-order valence-electron chi connectivity index (χ0n) is 14.0. The smallest absolute Gasteiger partial charge is 0.170 e. The van der Waals surface area contributed by atoms with Crippen molar-refractivity contribution in [1.29, 1.82) is 0 Å². The molecule has 0 spiro atoms. The van der Waals surface area contributed by atoms with Crippen molar-refractivity contribution < 1.29 is 13.2 Å². The molecule has 7 nitrogen and oxygen atoms in total. The Morgan fingerprint density at radius 2 is 1.88 bits per heavy atom. The van der Waals surface area contributed by atoms with E-state index in [4.69, 9.17) is 5.73 Å². The summed E-state index contributed by atoms with van der Waals surface area (Å²) in [6.45, 7) is 1.60. The van der Waals surface area contributed by atoms with Gasteiger partial charge in [0.1, 0.15) is 17.5 Å². The molecule has 3 aromatic heterocycles. The summed E-state index contributed by atoms with van der Waals surface area (Å²) in [5.41, 5.74) is 5.80. The van der Waals surface area contributed by atoms with E-state index < -0.39 is 23.5 Å². The number of nitrogens with two attached hydrogens (primary N) is 1. The summed E-state index contributed by atoms with van der Waals surface area (Å²) in [7, 11) is 1.77. The van der Waals surface area contributed by atoms with Gasteiger partial charge in [-0.05, 0) is 6.92 Å². The summed E-state index contributed by atoms with van der Waals surface area (Å²) in [5, 5.41) is 5.59. The third kappa shape index (κ3) is 3.68. The van der Waals surface area contributed by atoms with E-state index in [1.54, 1.807) is 31.1 Å². The van der Waals surface area contributed by atoms with Crippen molar-refractivity contribution in [2.24, 2.45) is 7.05 Å². The van der Waals surface area contributed by atoms with Crippen LogP contribution in [0.4, 0.5) is 36.3 Å². The van der Waals surface area contributed by atoms with Gasteiger partial charge in [0.15, 0.2) is 17.5 Å². The number of anilines is 4. The molecule has 26 heavy (non-hydrogen) atoms. The summed E-state index contributed by atoms with van der Waals surface area (Å²) in [4.78, 5) is 11.9. The Kier molecular flexibility index (Phi) is 4.65. The van der Waals surface area contributed by atoms with E-state index in [1.165, 1.54) is 0 Å². The maximum absolute atomic E-state index is 14.1. The Morgan fingerprint density at radius 1 is 1.12 bits per heavy atom. The van der Waals surface area contributed by atoms with E-state index in [-0.39, 0.29) is 23.0 Å². The SMILES string of the molecule is CC(Nc1nc(Nc2cn(C)cn2)c(F)cc1N)c1ncc(F)cc1F. The quantitative estimate of drug-likeness (QED) is 0.645. The molecule has 10 heteroatoms. The van der Waals surface area contributed by atoms with Crippen molar-refractivity contribution in [3.8, 4) is 0 Å². The minimum absolute atomic E-state index is 0.0174. The van der Waals surface area contributed by atoms with Gasteiger partial charge in [-0.15, -0.1) is 0 Å². The lowest BCUT2D eigenvalue weighted by Crippen LogP contribution is -2.14. The summed E-state index contributed by atoms with van der Waals surface area (Å²) in [6.07, 6.45) is 4.10. The Bertz CT molecular complexity index is 942. The number of rotatable bonds is 5.